The van der Waals surface area contributed by atoms with E-state index in [1.165, 1.54) is 12.8 Å². The molecule has 0 aromatic carbocycles. The Labute approximate surface area is 114 Å². The molecule has 1 amide bonds. The van der Waals surface area contributed by atoms with Crippen molar-refractivity contribution in [2.45, 2.75) is 37.8 Å². The molecule has 5 heteroatoms. The molecule has 2 rings (SSSR count). The van der Waals surface area contributed by atoms with Gasteiger partial charge in [-0.2, -0.15) is 0 Å². The van der Waals surface area contributed by atoms with Gasteiger partial charge in [-0.05, 0) is 25.0 Å². The lowest BCUT2D eigenvalue weighted by atomic mass is 10.1. The minimum atomic E-state index is -0.304. The third kappa shape index (κ3) is 3.52. The lowest BCUT2D eigenvalue weighted by Gasteiger charge is -2.34. The largest absolute Gasteiger partial charge is 0.369 e. The summed E-state index contributed by atoms with van der Waals surface area (Å²) in [5, 5.41) is 0. The third-order valence-corrected chi connectivity index (χ3v) is 3.78. The Morgan fingerprint density at radius 3 is 2.68 bits per heavy atom. The molecule has 1 atom stereocenters. The monoisotopic (exact) mass is 262 g/mol. The number of rotatable bonds is 6. The van der Waals surface area contributed by atoms with Crippen molar-refractivity contribution < 1.29 is 4.79 Å². The summed E-state index contributed by atoms with van der Waals surface area (Å²) in [6, 6.07) is 6.15. The summed E-state index contributed by atoms with van der Waals surface area (Å²) in [6.07, 6.45) is 6.39. The fourth-order valence-corrected chi connectivity index (χ4v) is 2.91. The summed E-state index contributed by atoms with van der Waals surface area (Å²) in [6.45, 7) is 0.698. The summed E-state index contributed by atoms with van der Waals surface area (Å²) in [5.74, 6) is -0.304. The van der Waals surface area contributed by atoms with Crippen molar-refractivity contribution in [3.8, 4) is 0 Å². The Morgan fingerprint density at radius 1 is 1.42 bits per heavy atom. The smallest absolute Gasteiger partial charge is 0.231 e. The summed E-state index contributed by atoms with van der Waals surface area (Å²) in [7, 11) is 0. The molecular formula is C14H22N4O. The highest BCUT2D eigenvalue weighted by Crippen LogP contribution is 2.29. The number of hydrogen-bond acceptors (Lipinski definition) is 4. The van der Waals surface area contributed by atoms with Crippen LogP contribution in [0.15, 0.2) is 24.4 Å². The van der Waals surface area contributed by atoms with Gasteiger partial charge in [0.1, 0.15) is 0 Å². The van der Waals surface area contributed by atoms with Crippen LogP contribution in [0.25, 0.3) is 0 Å². The molecule has 0 radical (unpaired) electrons. The average molecular weight is 262 g/mol. The van der Waals surface area contributed by atoms with Gasteiger partial charge in [-0.3, -0.25) is 14.7 Å². The summed E-state index contributed by atoms with van der Waals surface area (Å²) >= 11 is 0. The van der Waals surface area contributed by atoms with Crippen LogP contribution in [0, 0.1) is 0 Å². The fraction of sp³-hybridized carbons (Fsp3) is 0.571. The van der Waals surface area contributed by atoms with Gasteiger partial charge in [-0.25, -0.2) is 0 Å². The van der Waals surface area contributed by atoms with Crippen LogP contribution in [0.5, 0.6) is 0 Å². The summed E-state index contributed by atoms with van der Waals surface area (Å²) < 4.78 is 0. The van der Waals surface area contributed by atoms with E-state index in [2.05, 4.69) is 9.88 Å². The molecule has 1 aromatic rings. The topological polar surface area (TPSA) is 85.2 Å². The van der Waals surface area contributed by atoms with Crippen LogP contribution in [0.2, 0.25) is 0 Å². The Hall–Kier alpha value is -1.46. The van der Waals surface area contributed by atoms with Crippen LogP contribution in [-0.2, 0) is 4.79 Å². The zero-order valence-electron chi connectivity index (χ0n) is 11.2. The van der Waals surface area contributed by atoms with E-state index in [0.29, 0.717) is 12.6 Å². The zero-order chi connectivity index (χ0) is 13.7. The van der Waals surface area contributed by atoms with Crippen molar-refractivity contribution in [2.75, 3.05) is 13.1 Å². The molecule has 0 bridgehead atoms. The van der Waals surface area contributed by atoms with Gasteiger partial charge in [-0.15, -0.1) is 0 Å². The maximum atomic E-state index is 11.3. The van der Waals surface area contributed by atoms with Crippen LogP contribution in [-0.4, -0.2) is 34.9 Å². The molecule has 0 aliphatic heterocycles. The van der Waals surface area contributed by atoms with E-state index in [-0.39, 0.29) is 18.5 Å². The average Bonchev–Trinajstić information content (AvgIpc) is 2.93. The summed E-state index contributed by atoms with van der Waals surface area (Å²) in [5.41, 5.74) is 12.2. The van der Waals surface area contributed by atoms with Gasteiger partial charge in [0, 0.05) is 18.8 Å². The van der Waals surface area contributed by atoms with Gasteiger partial charge in [-0.1, -0.05) is 18.9 Å². The van der Waals surface area contributed by atoms with Crippen molar-refractivity contribution in [3.05, 3.63) is 30.1 Å². The predicted molar refractivity (Wildman–Crippen MR) is 74.2 cm³/mol. The molecule has 1 aliphatic rings. The van der Waals surface area contributed by atoms with E-state index in [9.17, 15) is 4.79 Å². The molecule has 1 unspecified atom stereocenters. The maximum Gasteiger partial charge on any atom is 0.231 e. The number of pyridine rings is 1. The van der Waals surface area contributed by atoms with E-state index in [1.54, 1.807) is 6.20 Å². The SMILES string of the molecule is NCC(c1ccccn1)N(CC(N)=O)C1CCCC1. The first kappa shape index (κ1) is 14.0. The van der Waals surface area contributed by atoms with Gasteiger partial charge in [0.15, 0.2) is 0 Å². The number of carbonyl (C=O) groups is 1. The quantitative estimate of drug-likeness (QED) is 0.794. The Kier molecular flexibility index (Phi) is 4.87. The van der Waals surface area contributed by atoms with Crippen LogP contribution in [0.3, 0.4) is 0 Å². The molecule has 5 nitrogen and oxygen atoms in total. The highest BCUT2D eigenvalue weighted by molar-refractivity contribution is 5.76. The predicted octanol–water partition coefficient (Wildman–Crippen LogP) is 0.811. The first-order valence-electron chi connectivity index (χ1n) is 6.87. The first-order chi connectivity index (χ1) is 9.22. The van der Waals surface area contributed by atoms with E-state index in [4.69, 9.17) is 11.5 Å². The fourth-order valence-electron chi connectivity index (χ4n) is 2.91. The lowest BCUT2D eigenvalue weighted by molar-refractivity contribution is -0.120. The minimum Gasteiger partial charge on any atom is -0.369 e. The number of hydrogen-bond donors (Lipinski definition) is 2. The van der Waals surface area contributed by atoms with Gasteiger partial charge in [0.05, 0.1) is 18.3 Å². The van der Waals surface area contributed by atoms with Crippen molar-refractivity contribution >= 4 is 5.91 Å². The molecule has 1 heterocycles. The highest BCUT2D eigenvalue weighted by atomic mass is 16.1. The number of carbonyl (C=O) groups excluding carboxylic acids is 1. The van der Waals surface area contributed by atoms with Gasteiger partial charge < -0.3 is 11.5 Å². The first-order valence-corrected chi connectivity index (χ1v) is 6.87. The lowest BCUT2D eigenvalue weighted by Crippen LogP contribution is -2.45. The number of amides is 1. The number of nitrogens with two attached hydrogens (primary N) is 2. The van der Waals surface area contributed by atoms with Crippen molar-refractivity contribution in [1.29, 1.82) is 0 Å². The Bertz CT molecular complexity index is 403. The molecule has 1 aromatic heterocycles. The highest BCUT2D eigenvalue weighted by Gasteiger charge is 2.30. The third-order valence-electron chi connectivity index (χ3n) is 3.78. The molecule has 0 saturated heterocycles. The second-order valence-electron chi connectivity index (χ2n) is 5.08. The van der Waals surface area contributed by atoms with E-state index < -0.39 is 0 Å². The van der Waals surface area contributed by atoms with Gasteiger partial charge in [0.2, 0.25) is 5.91 Å². The second kappa shape index (κ2) is 6.63. The van der Waals surface area contributed by atoms with Crippen molar-refractivity contribution in [1.82, 2.24) is 9.88 Å². The molecule has 19 heavy (non-hydrogen) atoms. The maximum absolute atomic E-state index is 11.3. The minimum absolute atomic E-state index is 0.0307. The van der Waals surface area contributed by atoms with E-state index in [1.807, 2.05) is 18.2 Å². The zero-order valence-corrected chi connectivity index (χ0v) is 11.2. The second-order valence-corrected chi connectivity index (χ2v) is 5.08. The van der Waals surface area contributed by atoms with Gasteiger partial charge >= 0.3 is 0 Å². The molecule has 1 fully saturated rings. The van der Waals surface area contributed by atoms with Crippen LogP contribution in [0.4, 0.5) is 0 Å². The van der Waals surface area contributed by atoms with Crippen LogP contribution >= 0.6 is 0 Å². The molecule has 4 N–H and O–H groups in total. The number of nitrogens with zero attached hydrogens (tertiary/aromatic N) is 2. The molecule has 0 spiro atoms. The molecular weight excluding hydrogens is 240 g/mol. The Balaban J connectivity index is 2.21. The van der Waals surface area contributed by atoms with Crippen LogP contribution < -0.4 is 11.5 Å². The molecule has 1 saturated carbocycles. The normalized spacial score (nSPS) is 17.8. The number of aromatic nitrogens is 1. The number of primary amides is 1. The van der Waals surface area contributed by atoms with E-state index >= 15 is 0 Å². The molecule has 1 aliphatic carbocycles. The Morgan fingerprint density at radius 2 is 2.16 bits per heavy atom. The molecule has 104 valence electrons. The standard InChI is InChI=1S/C14H22N4O/c15-9-13(12-7-3-4-8-17-12)18(10-14(16)19)11-5-1-2-6-11/h3-4,7-8,11,13H,1-2,5-6,9-10,15H2,(H2,16,19). The van der Waals surface area contributed by atoms with Crippen molar-refractivity contribution in [2.24, 2.45) is 11.5 Å². The van der Waals surface area contributed by atoms with Gasteiger partial charge in [0.25, 0.3) is 0 Å². The van der Waals surface area contributed by atoms with Crippen LogP contribution in [0.1, 0.15) is 37.4 Å². The summed E-state index contributed by atoms with van der Waals surface area (Å²) in [4.78, 5) is 17.8. The van der Waals surface area contributed by atoms with Crippen molar-refractivity contribution in [3.63, 3.8) is 0 Å². The van der Waals surface area contributed by atoms with E-state index in [0.717, 1.165) is 18.5 Å².